The van der Waals surface area contributed by atoms with Crippen LogP contribution in [0.15, 0.2) is 17.5 Å². The molecule has 0 aromatic carbocycles. The Bertz CT molecular complexity index is 143. The molecule has 0 atom stereocenters. The van der Waals surface area contributed by atoms with E-state index in [-0.39, 0.29) is 0 Å². The van der Waals surface area contributed by atoms with Crippen LogP contribution in [0, 0.1) is 4.91 Å². The number of halogens is 1. The van der Waals surface area contributed by atoms with E-state index in [1.165, 1.54) is 6.20 Å². The number of nitroso groups, excluding NO2 is 1. The predicted octanol–water partition coefficient (Wildman–Crippen LogP) is 0.920. The molecular weight excluding hydrogens is 135 g/mol. The highest BCUT2D eigenvalue weighted by atomic mass is 19.1. The molecular formula is C6H9FN2O. The summed E-state index contributed by atoms with van der Waals surface area (Å²) in [6, 6.07) is 0. The first-order valence-electron chi connectivity index (χ1n) is 3.17. The first kappa shape index (κ1) is 7.34. The number of rotatable bonds is 3. The van der Waals surface area contributed by atoms with Crippen LogP contribution in [0.3, 0.4) is 0 Å². The summed E-state index contributed by atoms with van der Waals surface area (Å²) in [7, 11) is 0. The van der Waals surface area contributed by atoms with Crippen LogP contribution in [0.2, 0.25) is 0 Å². The van der Waals surface area contributed by atoms with Crippen molar-refractivity contribution in [3.05, 3.63) is 17.2 Å². The van der Waals surface area contributed by atoms with Crippen LogP contribution in [-0.2, 0) is 0 Å². The average Bonchev–Trinajstić information content (AvgIpc) is 1.85. The van der Waals surface area contributed by atoms with Gasteiger partial charge in [0.1, 0.15) is 6.17 Å². The molecule has 1 heterocycles. The Morgan fingerprint density at radius 1 is 1.70 bits per heavy atom. The van der Waals surface area contributed by atoms with Crippen molar-refractivity contribution in [3.63, 3.8) is 0 Å². The Balaban J connectivity index is 2.05. The summed E-state index contributed by atoms with van der Waals surface area (Å²) in [5, 5.41) is 2.53. The molecule has 0 radical (unpaired) electrons. The Hall–Kier alpha value is -0.770. The molecule has 1 fully saturated rings. The third-order valence-corrected chi connectivity index (χ3v) is 1.44. The predicted molar refractivity (Wildman–Crippen MR) is 36.3 cm³/mol. The molecule has 0 N–H and O–H groups in total. The monoisotopic (exact) mass is 144 g/mol. The number of likely N-dealkylation sites (tertiary alicyclic amines) is 1. The van der Waals surface area contributed by atoms with Gasteiger partial charge in [-0.05, 0) is 11.3 Å². The molecule has 56 valence electrons. The van der Waals surface area contributed by atoms with Gasteiger partial charge in [0.25, 0.3) is 0 Å². The molecule has 0 aromatic rings. The molecule has 0 saturated carbocycles. The van der Waals surface area contributed by atoms with E-state index in [9.17, 15) is 9.30 Å². The highest BCUT2D eigenvalue weighted by Crippen LogP contribution is 2.09. The van der Waals surface area contributed by atoms with Gasteiger partial charge in [-0.3, -0.25) is 4.90 Å². The third kappa shape index (κ3) is 1.88. The van der Waals surface area contributed by atoms with Crippen LogP contribution in [0.25, 0.3) is 0 Å². The van der Waals surface area contributed by atoms with Gasteiger partial charge in [0, 0.05) is 19.6 Å². The van der Waals surface area contributed by atoms with Crippen LogP contribution >= 0.6 is 0 Å². The van der Waals surface area contributed by atoms with Crippen molar-refractivity contribution in [2.24, 2.45) is 5.18 Å². The average molecular weight is 144 g/mol. The van der Waals surface area contributed by atoms with Gasteiger partial charge >= 0.3 is 0 Å². The second-order valence-electron chi connectivity index (χ2n) is 2.31. The SMILES string of the molecule is O=N/C=C/CN1CC(F)C1. The number of hydrogen-bond acceptors (Lipinski definition) is 3. The number of nitrogens with zero attached hydrogens (tertiary/aromatic N) is 2. The summed E-state index contributed by atoms with van der Waals surface area (Å²) in [4.78, 5) is 11.4. The molecule has 0 aromatic heterocycles. The van der Waals surface area contributed by atoms with Crippen molar-refractivity contribution >= 4 is 0 Å². The topological polar surface area (TPSA) is 32.7 Å². The Morgan fingerprint density at radius 2 is 2.40 bits per heavy atom. The molecule has 3 nitrogen and oxygen atoms in total. The molecule has 1 aliphatic heterocycles. The second kappa shape index (κ2) is 3.41. The van der Waals surface area contributed by atoms with Crippen molar-refractivity contribution in [3.8, 4) is 0 Å². The minimum absolute atomic E-state index is 0.489. The van der Waals surface area contributed by atoms with E-state index >= 15 is 0 Å². The Kier molecular flexibility index (Phi) is 2.50. The van der Waals surface area contributed by atoms with E-state index in [0.29, 0.717) is 19.6 Å². The molecule has 1 saturated heterocycles. The lowest BCUT2D eigenvalue weighted by molar-refractivity contribution is 0.0771. The standard InChI is InChI=1S/C6H9FN2O/c7-6-4-9(5-6)3-1-2-8-10/h1-2,6H,3-5H2/b2-1+. The molecule has 1 aliphatic rings. The molecule has 4 heteroatoms. The summed E-state index contributed by atoms with van der Waals surface area (Å²) >= 11 is 0. The summed E-state index contributed by atoms with van der Waals surface area (Å²) in [6.07, 6.45) is 2.14. The van der Waals surface area contributed by atoms with Crippen LogP contribution in [-0.4, -0.2) is 30.7 Å². The molecule has 1 rings (SSSR count). The zero-order valence-electron chi connectivity index (χ0n) is 5.53. The van der Waals surface area contributed by atoms with E-state index in [4.69, 9.17) is 0 Å². The van der Waals surface area contributed by atoms with Crippen molar-refractivity contribution in [2.45, 2.75) is 6.17 Å². The Labute approximate surface area is 58.5 Å². The maximum atomic E-state index is 12.1. The largest absolute Gasteiger partial charge is 0.294 e. The van der Waals surface area contributed by atoms with Gasteiger partial charge < -0.3 is 0 Å². The summed E-state index contributed by atoms with van der Waals surface area (Å²) in [6.45, 7) is 1.61. The van der Waals surface area contributed by atoms with Crippen molar-refractivity contribution in [2.75, 3.05) is 19.6 Å². The van der Waals surface area contributed by atoms with E-state index in [1.54, 1.807) is 6.08 Å². The first-order chi connectivity index (χ1) is 4.83. The van der Waals surface area contributed by atoms with E-state index < -0.39 is 6.17 Å². The number of hydrogen-bond donors (Lipinski definition) is 0. The molecule has 0 bridgehead atoms. The van der Waals surface area contributed by atoms with Gasteiger partial charge in [0.05, 0.1) is 6.20 Å². The summed E-state index contributed by atoms with van der Waals surface area (Å²) in [5.74, 6) is 0. The summed E-state index contributed by atoms with van der Waals surface area (Å²) < 4.78 is 12.1. The van der Waals surface area contributed by atoms with E-state index in [2.05, 4.69) is 5.18 Å². The quantitative estimate of drug-likeness (QED) is 0.552. The lowest BCUT2D eigenvalue weighted by atomic mass is 10.2. The van der Waals surface area contributed by atoms with Crippen molar-refractivity contribution in [1.82, 2.24) is 4.90 Å². The zero-order chi connectivity index (χ0) is 7.40. The lowest BCUT2D eigenvalue weighted by Gasteiger charge is -2.32. The number of alkyl halides is 1. The van der Waals surface area contributed by atoms with Gasteiger partial charge in [-0.2, -0.15) is 0 Å². The highest BCUT2D eigenvalue weighted by Gasteiger charge is 2.24. The van der Waals surface area contributed by atoms with E-state index in [0.717, 1.165) is 0 Å². The maximum absolute atomic E-state index is 12.1. The molecule has 0 unspecified atom stereocenters. The minimum Gasteiger partial charge on any atom is -0.294 e. The smallest absolute Gasteiger partial charge is 0.125 e. The highest BCUT2D eigenvalue weighted by molar-refractivity contribution is 4.88. The van der Waals surface area contributed by atoms with Gasteiger partial charge in [-0.1, -0.05) is 0 Å². The van der Waals surface area contributed by atoms with Crippen molar-refractivity contribution in [1.29, 1.82) is 0 Å². The lowest BCUT2D eigenvalue weighted by Crippen LogP contribution is -2.48. The molecule has 0 aliphatic carbocycles. The van der Waals surface area contributed by atoms with Gasteiger partial charge in [-0.15, -0.1) is 4.91 Å². The van der Waals surface area contributed by atoms with E-state index in [1.807, 2.05) is 4.90 Å². The maximum Gasteiger partial charge on any atom is 0.125 e. The molecule has 0 spiro atoms. The van der Waals surface area contributed by atoms with Crippen LogP contribution in [0.5, 0.6) is 0 Å². The van der Waals surface area contributed by atoms with Gasteiger partial charge in [0.2, 0.25) is 0 Å². The Morgan fingerprint density at radius 3 is 2.90 bits per heavy atom. The molecule has 0 amide bonds. The van der Waals surface area contributed by atoms with Crippen LogP contribution < -0.4 is 0 Å². The normalized spacial score (nSPS) is 21.3. The fraction of sp³-hybridized carbons (Fsp3) is 0.667. The molecule has 10 heavy (non-hydrogen) atoms. The van der Waals surface area contributed by atoms with Crippen molar-refractivity contribution < 1.29 is 4.39 Å². The fourth-order valence-corrected chi connectivity index (χ4v) is 0.895. The summed E-state index contributed by atoms with van der Waals surface area (Å²) in [5.41, 5.74) is 0. The zero-order valence-corrected chi connectivity index (χ0v) is 5.53. The second-order valence-corrected chi connectivity index (χ2v) is 2.31. The van der Waals surface area contributed by atoms with Gasteiger partial charge in [0.15, 0.2) is 0 Å². The first-order valence-corrected chi connectivity index (χ1v) is 3.17. The third-order valence-electron chi connectivity index (χ3n) is 1.44. The van der Waals surface area contributed by atoms with Gasteiger partial charge in [-0.25, -0.2) is 4.39 Å². The fourth-order valence-electron chi connectivity index (χ4n) is 0.895. The van der Waals surface area contributed by atoms with Crippen LogP contribution in [0.4, 0.5) is 4.39 Å². The van der Waals surface area contributed by atoms with Crippen LogP contribution in [0.1, 0.15) is 0 Å². The minimum atomic E-state index is -0.669.